The number of rotatable bonds is 2. The molecule has 2 N–H and O–H groups in total. The van der Waals surface area contributed by atoms with Gasteiger partial charge in [-0.2, -0.15) is 10.4 Å². The molecule has 1 aliphatic carbocycles. The van der Waals surface area contributed by atoms with E-state index in [1.807, 2.05) is 0 Å². The predicted octanol–water partition coefficient (Wildman–Crippen LogP) is 3.17. The Morgan fingerprint density at radius 3 is 2.95 bits per heavy atom. The summed E-state index contributed by atoms with van der Waals surface area (Å²) < 4.78 is 0.659. The summed E-state index contributed by atoms with van der Waals surface area (Å²) in [5, 5.41) is 18.8. The first-order valence-corrected chi connectivity index (χ1v) is 7.55. The number of aryl methyl sites for hydroxylation is 1. The lowest BCUT2D eigenvalue weighted by Crippen LogP contribution is -2.15. The number of carbonyl (C=O) groups excluding carboxylic acids is 1. The van der Waals surface area contributed by atoms with E-state index in [0.29, 0.717) is 21.4 Å². The van der Waals surface area contributed by atoms with Crippen molar-refractivity contribution >= 4 is 27.5 Å². The van der Waals surface area contributed by atoms with Gasteiger partial charge in [0.25, 0.3) is 5.91 Å². The Hall–Kier alpha value is -2.13. The number of amides is 1. The van der Waals surface area contributed by atoms with Crippen molar-refractivity contribution in [3.05, 3.63) is 45.2 Å². The molecule has 2 aromatic rings. The lowest BCUT2D eigenvalue weighted by Gasteiger charge is -2.11. The highest BCUT2D eigenvalue weighted by molar-refractivity contribution is 9.10. The van der Waals surface area contributed by atoms with Crippen LogP contribution in [0.1, 0.15) is 40.2 Å². The number of hydrogen-bond donors (Lipinski definition) is 2. The van der Waals surface area contributed by atoms with E-state index in [0.717, 1.165) is 36.9 Å². The molecule has 0 saturated heterocycles. The van der Waals surface area contributed by atoms with Crippen LogP contribution < -0.4 is 5.32 Å². The van der Waals surface area contributed by atoms with Crippen LogP contribution in [0.5, 0.6) is 0 Å². The molecule has 0 radical (unpaired) electrons. The third-order valence-corrected chi connectivity index (χ3v) is 4.27. The predicted molar refractivity (Wildman–Crippen MR) is 82.0 cm³/mol. The molecule has 5 nitrogen and oxygen atoms in total. The standard InChI is InChI=1S/C15H13BrN4O/c16-12-7-10(6-5-9(12)8-17)18-15(21)14-11-3-1-2-4-13(11)19-20-14/h5-7H,1-4H2,(H,18,21)(H,19,20). The summed E-state index contributed by atoms with van der Waals surface area (Å²) in [6, 6.07) is 7.16. The molecule has 0 atom stereocenters. The van der Waals surface area contributed by atoms with Crippen molar-refractivity contribution in [3.8, 4) is 6.07 Å². The number of anilines is 1. The van der Waals surface area contributed by atoms with Crippen LogP contribution in [-0.2, 0) is 12.8 Å². The topological polar surface area (TPSA) is 81.6 Å². The number of aromatic nitrogens is 2. The molecule has 0 unspecified atom stereocenters. The van der Waals surface area contributed by atoms with Crippen LogP contribution in [0.15, 0.2) is 22.7 Å². The number of benzene rings is 1. The molecule has 21 heavy (non-hydrogen) atoms. The summed E-state index contributed by atoms with van der Waals surface area (Å²) in [6.07, 6.45) is 4.08. The van der Waals surface area contributed by atoms with Crippen LogP contribution in [0.4, 0.5) is 5.69 Å². The third-order valence-electron chi connectivity index (χ3n) is 3.62. The summed E-state index contributed by atoms with van der Waals surface area (Å²) >= 11 is 3.31. The second-order valence-electron chi connectivity index (χ2n) is 5.00. The number of nitrogens with zero attached hydrogens (tertiary/aromatic N) is 2. The van der Waals surface area contributed by atoms with Gasteiger partial charge in [-0.3, -0.25) is 9.89 Å². The maximum Gasteiger partial charge on any atom is 0.276 e. The van der Waals surface area contributed by atoms with Gasteiger partial charge < -0.3 is 5.32 Å². The first-order chi connectivity index (χ1) is 10.2. The number of nitrogens with one attached hydrogen (secondary N) is 2. The number of halogens is 1. The maximum absolute atomic E-state index is 12.3. The van der Waals surface area contributed by atoms with Gasteiger partial charge in [-0.05, 0) is 59.8 Å². The van der Waals surface area contributed by atoms with Crippen molar-refractivity contribution in [3.63, 3.8) is 0 Å². The normalized spacial score (nSPS) is 13.3. The van der Waals surface area contributed by atoms with Gasteiger partial charge in [0.2, 0.25) is 0 Å². The summed E-state index contributed by atoms with van der Waals surface area (Å²) in [4.78, 5) is 12.3. The highest BCUT2D eigenvalue weighted by atomic mass is 79.9. The van der Waals surface area contributed by atoms with Crippen LogP contribution >= 0.6 is 15.9 Å². The fourth-order valence-corrected chi connectivity index (χ4v) is 3.01. The quantitative estimate of drug-likeness (QED) is 0.877. The first kappa shape index (κ1) is 13.8. The molecule has 0 fully saturated rings. The molecule has 106 valence electrons. The van der Waals surface area contributed by atoms with Gasteiger partial charge in [0.15, 0.2) is 5.69 Å². The van der Waals surface area contributed by atoms with Crippen molar-refractivity contribution in [2.75, 3.05) is 5.32 Å². The lowest BCUT2D eigenvalue weighted by atomic mass is 9.96. The largest absolute Gasteiger partial charge is 0.321 e. The Bertz CT molecular complexity index is 745. The molecule has 1 heterocycles. The summed E-state index contributed by atoms with van der Waals surface area (Å²) in [5.74, 6) is -0.217. The second kappa shape index (κ2) is 5.70. The average Bonchev–Trinajstić information content (AvgIpc) is 2.91. The van der Waals surface area contributed by atoms with Crippen LogP contribution in [-0.4, -0.2) is 16.1 Å². The number of hydrogen-bond acceptors (Lipinski definition) is 3. The van der Waals surface area contributed by atoms with Gasteiger partial charge in [0, 0.05) is 21.4 Å². The molecule has 0 spiro atoms. The van der Waals surface area contributed by atoms with Crippen molar-refractivity contribution in [2.24, 2.45) is 0 Å². The molecular formula is C15H13BrN4O. The summed E-state index contributed by atoms with van der Waals surface area (Å²) in [6.45, 7) is 0. The van der Waals surface area contributed by atoms with E-state index in [1.165, 1.54) is 0 Å². The molecule has 0 aliphatic heterocycles. The van der Waals surface area contributed by atoms with Crippen LogP contribution in [0.25, 0.3) is 0 Å². The fourth-order valence-electron chi connectivity index (χ4n) is 2.54. The Labute approximate surface area is 130 Å². The van der Waals surface area contributed by atoms with E-state index in [4.69, 9.17) is 5.26 Å². The van der Waals surface area contributed by atoms with Gasteiger partial charge in [-0.1, -0.05) is 0 Å². The number of nitriles is 1. The highest BCUT2D eigenvalue weighted by Gasteiger charge is 2.21. The molecular weight excluding hydrogens is 332 g/mol. The van der Waals surface area contributed by atoms with Gasteiger partial charge >= 0.3 is 0 Å². The van der Waals surface area contributed by atoms with Gasteiger partial charge in [0.05, 0.1) is 5.56 Å². The van der Waals surface area contributed by atoms with E-state index >= 15 is 0 Å². The number of aromatic amines is 1. The zero-order valence-electron chi connectivity index (χ0n) is 11.2. The second-order valence-corrected chi connectivity index (χ2v) is 5.85. The van der Waals surface area contributed by atoms with Gasteiger partial charge in [-0.25, -0.2) is 0 Å². The smallest absolute Gasteiger partial charge is 0.276 e. The Morgan fingerprint density at radius 2 is 2.19 bits per heavy atom. The number of fused-ring (bicyclic) bond motifs is 1. The Kier molecular flexibility index (Phi) is 3.76. The van der Waals surface area contributed by atoms with E-state index in [1.54, 1.807) is 18.2 Å². The monoisotopic (exact) mass is 344 g/mol. The van der Waals surface area contributed by atoms with E-state index < -0.39 is 0 Å². The van der Waals surface area contributed by atoms with Gasteiger partial charge in [-0.15, -0.1) is 0 Å². The maximum atomic E-state index is 12.3. The highest BCUT2D eigenvalue weighted by Crippen LogP contribution is 2.24. The number of carbonyl (C=O) groups is 1. The number of H-pyrrole nitrogens is 1. The minimum atomic E-state index is -0.217. The zero-order valence-corrected chi connectivity index (χ0v) is 12.8. The first-order valence-electron chi connectivity index (χ1n) is 6.76. The zero-order chi connectivity index (χ0) is 14.8. The minimum absolute atomic E-state index is 0.217. The average molecular weight is 345 g/mol. The molecule has 1 amide bonds. The van der Waals surface area contributed by atoms with Crippen molar-refractivity contribution in [1.29, 1.82) is 5.26 Å². The van der Waals surface area contributed by atoms with E-state index in [9.17, 15) is 4.79 Å². The summed E-state index contributed by atoms with van der Waals surface area (Å²) in [7, 11) is 0. The van der Waals surface area contributed by atoms with E-state index in [-0.39, 0.29) is 5.91 Å². The third kappa shape index (κ3) is 2.69. The van der Waals surface area contributed by atoms with Gasteiger partial charge in [0.1, 0.15) is 6.07 Å². The minimum Gasteiger partial charge on any atom is -0.321 e. The van der Waals surface area contributed by atoms with Crippen molar-refractivity contribution < 1.29 is 4.79 Å². The molecule has 0 bridgehead atoms. The molecule has 3 rings (SSSR count). The van der Waals surface area contributed by atoms with E-state index in [2.05, 4.69) is 37.5 Å². The molecule has 0 saturated carbocycles. The molecule has 6 heteroatoms. The fraction of sp³-hybridized carbons (Fsp3) is 0.267. The Balaban J connectivity index is 1.82. The SMILES string of the molecule is N#Cc1ccc(NC(=O)c2n[nH]c3c2CCCC3)cc1Br. The van der Waals surface area contributed by atoms with Crippen LogP contribution in [0.2, 0.25) is 0 Å². The lowest BCUT2D eigenvalue weighted by molar-refractivity contribution is 0.102. The summed E-state index contributed by atoms with van der Waals surface area (Å²) in [5.41, 5.74) is 3.76. The Morgan fingerprint density at radius 1 is 1.38 bits per heavy atom. The molecule has 1 aliphatic rings. The van der Waals surface area contributed by atoms with Crippen molar-refractivity contribution in [1.82, 2.24) is 10.2 Å². The van der Waals surface area contributed by atoms with Crippen LogP contribution in [0.3, 0.4) is 0 Å². The van der Waals surface area contributed by atoms with Crippen LogP contribution in [0, 0.1) is 11.3 Å². The molecule has 1 aromatic heterocycles. The molecule has 1 aromatic carbocycles. The van der Waals surface area contributed by atoms with Crippen molar-refractivity contribution in [2.45, 2.75) is 25.7 Å².